The summed E-state index contributed by atoms with van der Waals surface area (Å²) in [4.78, 5) is 16.6. The molecular weight excluding hydrogens is 315 g/mol. The van der Waals surface area contributed by atoms with Crippen LogP contribution in [0.2, 0.25) is 0 Å². The second kappa shape index (κ2) is 6.75. The Morgan fingerprint density at radius 1 is 1.35 bits per heavy atom. The molecule has 0 saturated carbocycles. The second-order valence-electron chi connectivity index (χ2n) is 4.96. The van der Waals surface area contributed by atoms with E-state index in [9.17, 15) is 9.18 Å². The lowest BCUT2D eigenvalue weighted by atomic mass is 10.1. The highest BCUT2D eigenvalue weighted by atomic mass is 32.1. The van der Waals surface area contributed by atoms with E-state index in [-0.39, 0.29) is 5.91 Å². The molecule has 2 aromatic carbocycles. The van der Waals surface area contributed by atoms with E-state index >= 15 is 0 Å². The molecule has 1 atom stereocenters. The number of amides is 1. The number of nitrogens with one attached hydrogen (secondary N) is 1. The lowest BCUT2D eigenvalue weighted by Crippen LogP contribution is -2.30. The number of fused-ring (bicyclic) bond motifs is 1. The van der Waals surface area contributed by atoms with Crippen LogP contribution in [0.4, 0.5) is 4.39 Å². The van der Waals surface area contributed by atoms with Gasteiger partial charge in [-0.2, -0.15) is 0 Å². The number of methoxy groups -OCH3 is 1. The Balaban J connectivity index is 1.84. The van der Waals surface area contributed by atoms with Crippen molar-refractivity contribution < 1.29 is 13.9 Å². The minimum atomic E-state index is -0.754. The third-order valence-corrected chi connectivity index (χ3v) is 4.36. The number of halogens is 1. The highest BCUT2D eigenvalue weighted by Gasteiger charge is 2.19. The Labute approximate surface area is 136 Å². The quantitative estimate of drug-likeness (QED) is 0.775. The fraction of sp³-hybridized carbons (Fsp3) is 0.176. The number of thiazole rings is 1. The van der Waals surface area contributed by atoms with Crippen LogP contribution in [0.1, 0.15) is 22.0 Å². The normalized spacial score (nSPS) is 12.1. The van der Waals surface area contributed by atoms with Crippen LogP contribution in [0.25, 0.3) is 10.2 Å². The zero-order valence-electron chi connectivity index (χ0n) is 12.5. The first-order valence-corrected chi connectivity index (χ1v) is 7.94. The highest BCUT2D eigenvalue weighted by Crippen LogP contribution is 2.26. The summed E-state index contributed by atoms with van der Waals surface area (Å²) >= 11 is 1.46. The summed E-state index contributed by atoms with van der Waals surface area (Å²) in [5.41, 5.74) is 3.67. The summed E-state index contributed by atoms with van der Waals surface area (Å²) < 4.78 is 19.6. The molecule has 1 unspecified atom stereocenters. The minimum Gasteiger partial charge on any atom is -0.496 e. The maximum atomic E-state index is 13.5. The number of alkyl halides is 1. The molecule has 0 radical (unpaired) electrons. The number of hydrogen-bond donors (Lipinski definition) is 1. The SMILES string of the molecule is COc1ccccc1C(CF)NC(=O)c1ccc2ncsc2c1. The van der Waals surface area contributed by atoms with Crippen molar-refractivity contribution in [3.05, 3.63) is 59.1 Å². The topological polar surface area (TPSA) is 51.2 Å². The van der Waals surface area contributed by atoms with Gasteiger partial charge in [0.1, 0.15) is 12.4 Å². The number of nitrogens with zero attached hydrogens (tertiary/aromatic N) is 1. The van der Waals surface area contributed by atoms with Gasteiger partial charge in [0, 0.05) is 11.1 Å². The van der Waals surface area contributed by atoms with Gasteiger partial charge in [0.15, 0.2) is 0 Å². The fourth-order valence-corrected chi connectivity index (χ4v) is 3.11. The van der Waals surface area contributed by atoms with Crippen molar-refractivity contribution in [2.75, 3.05) is 13.8 Å². The monoisotopic (exact) mass is 330 g/mol. The molecule has 0 aliphatic carbocycles. The van der Waals surface area contributed by atoms with Gasteiger partial charge in [0.2, 0.25) is 0 Å². The van der Waals surface area contributed by atoms with Crippen LogP contribution in [0.3, 0.4) is 0 Å². The summed E-state index contributed by atoms with van der Waals surface area (Å²) in [5, 5.41) is 2.72. The molecule has 0 aliphatic rings. The molecule has 1 amide bonds. The van der Waals surface area contributed by atoms with Crippen LogP contribution >= 0.6 is 11.3 Å². The van der Waals surface area contributed by atoms with Crippen LogP contribution in [-0.4, -0.2) is 24.7 Å². The first kappa shape index (κ1) is 15.4. The van der Waals surface area contributed by atoms with E-state index in [1.807, 2.05) is 0 Å². The Kier molecular flexibility index (Phi) is 4.52. The van der Waals surface area contributed by atoms with E-state index in [4.69, 9.17) is 4.74 Å². The third-order valence-electron chi connectivity index (χ3n) is 3.57. The summed E-state index contributed by atoms with van der Waals surface area (Å²) in [6.45, 7) is -0.713. The van der Waals surface area contributed by atoms with Crippen LogP contribution in [-0.2, 0) is 0 Å². The number of ether oxygens (including phenoxy) is 1. The molecular formula is C17H15FN2O2S. The first-order valence-electron chi connectivity index (χ1n) is 7.06. The van der Waals surface area contributed by atoms with Crippen molar-refractivity contribution >= 4 is 27.5 Å². The van der Waals surface area contributed by atoms with E-state index in [0.29, 0.717) is 16.9 Å². The van der Waals surface area contributed by atoms with Crippen molar-refractivity contribution in [2.45, 2.75) is 6.04 Å². The molecule has 3 aromatic rings. The molecule has 0 aliphatic heterocycles. The Morgan fingerprint density at radius 2 is 2.17 bits per heavy atom. The van der Waals surface area contributed by atoms with Gasteiger partial charge in [-0.05, 0) is 24.3 Å². The molecule has 3 rings (SSSR count). The molecule has 1 N–H and O–H groups in total. The predicted molar refractivity (Wildman–Crippen MR) is 88.8 cm³/mol. The zero-order chi connectivity index (χ0) is 16.2. The van der Waals surface area contributed by atoms with Gasteiger partial charge in [-0.25, -0.2) is 9.37 Å². The van der Waals surface area contributed by atoms with E-state index in [1.165, 1.54) is 18.4 Å². The standard InChI is InChI=1S/C17H15FN2O2S/c1-22-15-5-3-2-4-12(15)14(9-18)20-17(21)11-6-7-13-16(8-11)23-10-19-13/h2-8,10,14H,9H2,1H3,(H,20,21). The molecule has 0 spiro atoms. The molecule has 0 saturated heterocycles. The molecule has 6 heteroatoms. The Hall–Kier alpha value is -2.47. The number of rotatable bonds is 5. The fourth-order valence-electron chi connectivity index (χ4n) is 2.39. The lowest BCUT2D eigenvalue weighted by molar-refractivity contribution is 0.0929. The summed E-state index contributed by atoms with van der Waals surface area (Å²) in [5.74, 6) is 0.224. The third kappa shape index (κ3) is 3.17. The average Bonchev–Trinajstić information content (AvgIpc) is 3.07. The van der Waals surface area contributed by atoms with Gasteiger partial charge in [0.25, 0.3) is 5.91 Å². The summed E-state index contributed by atoms with van der Waals surface area (Å²) in [6.07, 6.45) is 0. The highest BCUT2D eigenvalue weighted by molar-refractivity contribution is 7.16. The number of benzene rings is 2. The Morgan fingerprint density at radius 3 is 2.96 bits per heavy atom. The number of aromatic nitrogens is 1. The number of carbonyl (C=O) groups is 1. The second-order valence-corrected chi connectivity index (χ2v) is 5.84. The zero-order valence-corrected chi connectivity index (χ0v) is 13.3. The van der Waals surface area contributed by atoms with Gasteiger partial charge >= 0.3 is 0 Å². The van der Waals surface area contributed by atoms with Crippen molar-refractivity contribution in [3.63, 3.8) is 0 Å². The van der Waals surface area contributed by atoms with E-state index in [1.54, 1.807) is 48.0 Å². The number of para-hydroxylation sites is 1. The maximum Gasteiger partial charge on any atom is 0.251 e. The molecule has 23 heavy (non-hydrogen) atoms. The molecule has 0 bridgehead atoms. The Bertz CT molecular complexity index is 834. The van der Waals surface area contributed by atoms with Crippen LogP contribution in [0.5, 0.6) is 5.75 Å². The van der Waals surface area contributed by atoms with Crippen molar-refractivity contribution in [2.24, 2.45) is 0 Å². The number of carbonyl (C=O) groups excluding carboxylic acids is 1. The average molecular weight is 330 g/mol. The summed E-state index contributed by atoms with van der Waals surface area (Å²) in [7, 11) is 1.52. The van der Waals surface area contributed by atoms with Gasteiger partial charge in [-0.15, -0.1) is 11.3 Å². The molecule has 1 aromatic heterocycles. The predicted octanol–water partition coefficient (Wildman–Crippen LogP) is 3.75. The van der Waals surface area contributed by atoms with Gasteiger partial charge in [-0.3, -0.25) is 4.79 Å². The van der Waals surface area contributed by atoms with Gasteiger partial charge in [0.05, 0.1) is 28.9 Å². The number of hydrogen-bond acceptors (Lipinski definition) is 4. The molecule has 1 heterocycles. The summed E-state index contributed by atoms with van der Waals surface area (Å²) in [6, 6.07) is 11.6. The van der Waals surface area contributed by atoms with Crippen molar-refractivity contribution in [1.82, 2.24) is 10.3 Å². The van der Waals surface area contributed by atoms with E-state index < -0.39 is 12.7 Å². The van der Waals surface area contributed by atoms with Crippen molar-refractivity contribution in [3.8, 4) is 5.75 Å². The molecule has 4 nitrogen and oxygen atoms in total. The molecule has 118 valence electrons. The van der Waals surface area contributed by atoms with Crippen LogP contribution in [0, 0.1) is 0 Å². The lowest BCUT2D eigenvalue weighted by Gasteiger charge is -2.18. The smallest absolute Gasteiger partial charge is 0.251 e. The van der Waals surface area contributed by atoms with E-state index in [0.717, 1.165) is 10.2 Å². The van der Waals surface area contributed by atoms with E-state index in [2.05, 4.69) is 10.3 Å². The minimum absolute atomic E-state index is 0.325. The van der Waals surface area contributed by atoms with Crippen LogP contribution in [0.15, 0.2) is 48.0 Å². The maximum absolute atomic E-state index is 13.5. The largest absolute Gasteiger partial charge is 0.496 e. The first-order chi connectivity index (χ1) is 11.2. The molecule has 0 fully saturated rings. The van der Waals surface area contributed by atoms with Crippen LogP contribution < -0.4 is 10.1 Å². The van der Waals surface area contributed by atoms with Gasteiger partial charge in [-0.1, -0.05) is 18.2 Å². The van der Waals surface area contributed by atoms with Gasteiger partial charge < -0.3 is 10.1 Å². The van der Waals surface area contributed by atoms with Crippen molar-refractivity contribution in [1.29, 1.82) is 0 Å².